The van der Waals surface area contributed by atoms with Gasteiger partial charge in [0.05, 0.1) is 0 Å². The van der Waals surface area contributed by atoms with E-state index in [0.717, 1.165) is 44.2 Å². The van der Waals surface area contributed by atoms with Gasteiger partial charge < -0.3 is 5.32 Å². The van der Waals surface area contributed by atoms with Gasteiger partial charge in [0.25, 0.3) is 0 Å². The first-order valence-electron chi connectivity index (χ1n) is 6.84. The van der Waals surface area contributed by atoms with Crippen LogP contribution in [0.1, 0.15) is 45.1 Å². The van der Waals surface area contributed by atoms with Gasteiger partial charge in [-0.25, -0.2) is 4.39 Å². The fourth-order valence-electron chi connectivity index (χ4n) is 2.07. The summed E-state index contributed by atoms with van der Waals surface area (Å²) in [5.74, 6) is -0.203. The molecule has 0 aliphatic carbocycles. The molecule has 0 saturated heterocycles. The molecule has 1 rings (SSSR count). The first kappa shape index (κ1) is 15.5. The Balaban J connectivity index is 2.37. The van der Waals surface area contributed by atoms with Crippen LogP contribution in [0.2, 0.25) is 5.02 Å². The van der Waals surface area contributed by atoms with Gasteiger partial charge in [0.1, 0.15) is 5.82 Å². The highest BCUT2D eigenvalue weighted by Crippen LogP contribution is 2.19. The molecule has 102 valence electrons. The Morgan fingerprint density at radius 1 is 1.33 bits per heavy atom. The van der Waals surface area contributed by atoms with Gasteiger partial charge in [-0.2, -0.15) is 0 Å². The molecule has 1 atom stereocenters. The smallest absolute Gasteiger partial charge is 0.123 e. The zero-order valence-electron chi connectivity index (χ0n) is 11.3. The van der Waals surface area contributed by atoms with E-state index in [0.29, 0.717) is 11.1 Å². The Morgan fingerprint density at radius 3 is 2.78 bits per heavy atom. The molecule has 1 nitrogen and oxygen atoms in total. The summed E-state index contributed by atoms with van der Waals surface area (Å²) in [5.41, 5.74) is 0.919. The van der Waals surface area contributed by atoms with Crippen LogP contribution in [0.3, 0.4) is 0 Å². The molecule has 0 heterocycles. The highest BCUT2D eigenvalue weighted by Gasteiger charge is 2.06. The maximum Gasteiger partial charge on any atom is 0.123 e. The van der Waals surface area contributed by atoms with Crippen molar-refractivity contribution in [2.45, 2.75) is 52.0 Å². The second kappa shape index (κ2) is 8.49. The molecule has 1 aromatic rings. The van der Waals surface area contributed by atoms with E-state index in [2.05, 4.69) is 19.2 Å². The molecule has 0 amide bonds. The maximum absolute atomic E-state index is 13.1. The van der Waals surface area contributed by atoms with E-state index in [1.54, 1.807) is 12.1 Å². The molecule has 0 radical (unpaired) electrons. The molecule has 3 heteroatoms. The van der Waals surface area contributed by atoms with Crippen LogP contribution in [0.5, 0.6) is 0 Å². The zero-order valence-corrected chi connectivity index (χ0v) is 12.1. The van der Waals surface area contributed by atoms with Crippen molar-refractivity contribution in [1.29, 1.82) is 0 Å². The molecule has 0 saturated carbocycles. The number of nitrogens with one attached hydrogen (secondary N) is 1. The van der Waals surface area contributed by atoms with Crippen molar-refractivity contribution < 1.29 is 4.39 Å². The van der Waals surface area contributed by atoms with Gasteiger partial charge in [-0.15, -0.1) is 0 Å². The van der Waals surface area contributed by atoms with Gasteiger partial charge in [-0.1, -0.05) is 25.4 Å². The molecule has 0 spiro atoms. The average molecular weight is 272 g/mol. The maximum atomic E-state index is 13.1. The van der Waals surface area contributed by atoms with Gasteiger partial charge in [-0.05, 0) is 62.4 Å². The number of halogens is 2. The Kier molecular flexibility index (Phi) is 7.29. The summed E-state index contributed by atoms with van der Waals surface area (Å²) in [4.78, 5) is 0. The van der Waals surface area contributed by atoms with E-state index in [4.69, 9.17) is 11.6 Å². The molecule has 0 fully saturated rings. The molecule has 1 aromatic carbocycles. The molecule has 0 bridgehead atoms. The van der Waals surface area contributed by atoms with Crippen molar-refractivity contribution in [2.75, 3.05) is 6.54 Å². The van der Waals surface area contributed by atoms with Crippen molar-refractivity contribution in [3.63, 3.8) is 0 Å². The zero-order chi connectivity index (χ0) is 13.4. The van der Waals surface area contributed by atoms with Crippen molar-refractivity contribution >= 4 is 11.6 Å². The summed E-state index contributed by atoms with van der Waals surface area (Å²) in [6.07, 6.45) is 5.30. The number of benzene rings is 1. The first-order valence-corrected chi connectivity index (χ1v) is 7.22. The van der Waals surface area contributed by atoms with E-state index in [1.807, 2.05) is 0 Å². The second-order valence-corrected chi connectivity index (χ2v) is 5.09. The molecule has 0 aromatic heterocycles. The average Bonchev–Trinajstić information content (AvgIpc) is 2.37. The predicted octanol–water partition coefficient (Wildman–Crippen LogP) is 4.58. The van der Waals surface area contributed by atoms with E-state index in [-0.39, 0.29) is 5.82 Å². The van der Waals surface area contributed by atoms with Crippen LogP contribution in [0.4, 0.5) is 4.39 Å². The molecule has 1 unspecified atom stereocenters. The van der Waals surface area contributed by atoms with Crippen molar-refractivity contribution in [3.8, 4) is 0 Å². The summed E-state index contributed by atoms with van der Waals surface area (Å²) >= 11 is 6.05. The van der Waals surface area contributed by atoms with Crippen LogP contribution < -0.4 is 5.32 Å². The summed E-state index contributed by atoms with van der Waals surface area (Å²) < 4.78 is 13.1. The summed E-state index contributed by atoms with van der Waals surface area (Å²) in [7, 11) is 0. The second-order valence-electron chi connectivity index (χ2n) is 4.69. The quantitative estimate of drug-likeness (QED) is 0.730. The minimum absolute atomic E-state index is 0.203. The van der Waals surface area contributed by atoms with Gasteiger partial charge in [0.2, 0.25) is 0 Å². The van der Waals surface area contributed by atoms with E-state index in [1.165, 1.54) is 6.07 Å². The highest BCUT2D eigenvalue weighted by molar-refractivity contribution is 6.31. The van der Waals surface area contributed by atoms with Crippen LogP contribution in [-0.2, 0) is 6.42 Å². The third kappa shape index (κ3) is 5.36. The lowest BCUT2D eigenvalue weighted by Gasteiger charge is -2.16. The molecular formula is C15H23ClFN. The number of aryl methyl sites for hydroxylation is 1. The number of hydrogen-bond donors (Lipinski definition) is 1. The van der Waals surface area contributed by atoms with Crippen LogP contribution in [0, 0.1) is 5.82 Å². The Bertz CT molecular complexity index is 354. The van der Waals surface area contributed by atoms with Gasteiger partial charge >= 0.3 is 0 Å². The third-order valence-corrected chi connectivity index (χ3v) is 3.55. The lowest BCUT2D eigenvalue weighted by atomic mass is 10.0. The summed E-state index contributed by atoms with van der Waals surface area (Å²) in [6.45, 7) is 5.44. The fourth-order valence-corrected chi connectivity index (χ4v) is 2.28. The molecule has 0 aliphatic rings. The van der Waals surface area contributed by atoms with Crippen LogP contribution >= 0.6 is 11.6 Å². The molecule has 1 N–H and O–H groups in total. The van der Waals surface area contributed by atoms with Crippen molar-refractivity contribution in [3.05, 3.63) is 34.6 Å². The van der Waals surface area contributed by atoms with E-state index < -0.39 is 0 Å². The normalized spacial score (nSPS) is 12.7. The standard InChI is InChI=1S/C15H23ClFN/c1-3-10-18-14(4-2)7-5-6-12-11-13(17)8-9-15(12)16/h8-9,11,14,18H,3-7,10H2,1-2H3. The summed E-state index contributed by atoms with van der Waals surface area (Å²) in [5, 5.41) is 4.20. The van der Waals surface area contributed by atoms with Gasteiger partial charge in [0.15, 0.2) is 0 Å². The molecule has 0 aliphatic heterocycles. The van der Waals surface area contributed by atoms with E-state index in [9.17, 15) is 4.39 Å². The molecular weight excluding hydrogens is 249 g/mol. The van der Waals surface area contributed by atoms with Crippen molar-refractivity contribution in [2.24, 2.45) is 0 Å². The minimum Gasteiger partial charge on any atom is -0.314 e. The first-order chi connectivity index (χ1) is 8.67. The van der Waals surface area contributed by atoms with Gasteiger partial charge in [0, 0.05) is 11.1 Å². The van der Waals surface area contributed by atoms with Crippen LogP contribution in [0.25, 0.3) is 0 Å². The lowest BCUT2D eigenvalue weighted by molar-refractivity contribution is 0.455. The van der Waals surface area contributed by atoms with Gasteiger partial charge in [-0.3, -0.25) is 0 Å². The highest BCUT2D eigenvalue weighted by atomic mass is 35.5. The Labute approximate surface area is 115 Å². The van der Waals surface area contributed by atoms with E-state index >= 15 is 0 Å². The topological polar surface area (TPSA) is 12.0 Å². The number of hydrogen-bond acceptors (Lipinski definition) is 1. The monoisotopic (exact) mass is 271 g/mol. The van der Waals surface area contributed by atoms with Crippen LogP contribution in [0.15, 0.2) is 18.2 Å². The van der Waals surface area contributed by atoms with Crippen molar-refractivity contribution in [1.82, 2.24) is 5.32 Å². The Morgan fingerprint density at radius 2 is 2.11 bits per heavy atom. The summed E-state index contributed by atoms with van der Waals surface area (Å²) in [6, 6.07) is 5.16. The SMILES string of the molecule is CCCNC(CC)CCCc1cc(F)ccc1Cl. The number of rotatable bonds is 8. The van der Waals surface area contributed by atoms with Crippen LogP contribution in [-0.4, -0.2) is 12.6 Å². The fraction of sp³-hybridized carbons (Fsp3) is 0.600. The lowest BCUT2D eigenvalue weighted by Crippen LogP contribution is -2.29. The minimum atomic E-state index is -0.203. The third-order valence-electron chi connectivity index (χ3n) is 3.18. The predicted molar refractivity (Wildman–Crippen MR) is 76.7 cm³/mol. The molecule has 18 heavy (non-hydrogen) atoms. The Hall–Kier alpha value is -0.600. The largest absolute Gasteiger partial charge is 0.314 e.